The van der Waals surface area contributed by atoms with Crippen molar-refractivity contribution in [3.05, 3.63) is 34.9 Å². The summed E-state index contributed by atoms with van der Waals surface area (Å²) in [6.45, 7) is 0. The van der Waals surface area contributed by atoms with Crippen LogP contribution < -0.4 is 0 Å². The molecule has 2 amide bonds. The summed E-state index contributed by atoms with van der Waals surface area (Å²) in [5.74, 6) is 0. The predicted octanol–water partition coefficient (Wildman–Crippen LogP) is 3.42. The Morgan fingerprint density at radius 1 is 1.19 bits per heavy atom. The van der Waals surface area contributed by atoms with Gasteiger partial charge in [-0.25, -0.2) is 9.59 Å². The van der Waals surface area contributed by atoms with Gasteiger partial charge in [-0.2, -0.15) is 10.0 Å². The summed E-state index contributed by atoms with van der Waals surface area (Å²) in [6.07, 6.45) is -1.47. The first-order chi connectivity index (χ1) is 9.99. The minimum Gasteiger partial charge on any atom is -0.451 e. The van der Waals surface area contributed by atoms with E-state index in [9.17, 15) is 9.59 Å². The fraction of sp³-hybridized carbons (Fsp3) is 0.250. The molecule has 1 heterocycles. The lowest BCUT2D eigenvalue weighted by molar-refractivity contribution is 0.0304. The summed E-state index contributed by atoms with van der Waals surface area (Å²) in [5.41, 5.74) is 0.753. The van der Waals surface area contributed by atoms with Crippen molar-refractivity contribution in [1.82, 2.24) is 10.0 Å². The molecule has 0 aliphatic carbocycles. The van der Waals surface area contributed by atoms with E-state index in [0.29, 0.717) is 5.02 Å². The van der Waals surface area contributed by atoms with Gasteiger partial charge in [-0.15, -0.1) is 0 Å². The van der Waals surface area contributed by atoms with E-state index in [1.54, 1.807) is 24.3 Å². The summed E-state index contributed by atoms with van der Waals surface area (Å²) in [6, 6.07) is 6.88. The molecule has 0 N–H and O–H groups in total. The van der Waals surface area contributed by atoms with Crippen LogP contribution in [0.25, 0.3) is 0 Å². The van der Waals surface area contributed by atoms with Crippen molar-refractivity contribution >= 4 is 52.1 Å². The molecule has 1 aliphatic heterocycles. The molecule has 1 unspecified atom stereocenters. The molecule has 1 atom stereocenters. The Labute approximate surface area is 135 Å². The van der Waals surface area contributed by atoms with E-state index in [2.05, 4.69) is 4.74 Å². The monoisotopic (exact) mass is 346 g/mol. The molecule has 2 rings (SSSR count). The van der Waals surface area contributed by atoms with Gasteiger partial charge < -0.3 is 9.47 Å². The SMILES string of the molecule is COC(=O)N1C(=S)SC(c2ccc(Cl)cc2)N1C(=O)OC. The topological polar surface area (TPSA) is 59.1 Å². The maximum Gasteiger partial charge on any atom is 0.434 e. The van der Waals surface area contributed by atoms with Crippen LogP contribution in [0, 0.1) is 0 Å². The number of halogens is 1. The second kappa shape index (κ2) is 6.50. The van der Waals surface area contributed by atoms with Gasteiger partial charge in [-0.05, 0) is 17.7 Å². The molecule has 0 bridgehead atoms. The van der Waals surface area contributed by atoms with Crippen molar-refractivity contribution in [3.8, 4) is 0 Å². The molecule has 9 heteroatoms. The zero-order valence-electron chi connectivity index (χ0n) is 11.1. The minimum atomic E-state index is -0.755. The number of rotatable bonds is 1. The van der Waals surface area contributed by atoms with E-state index < -0.39 is 17.6 Å². The number of amides is 2. The van der Waals surface area contributed by atoms with Crippen LogP contribution in [0.1, 0.15) is 10.9 Å². The molecule has 0 radical (unpaired) electrons. The van der Waals surface area contributed by atoms with E-state index in [1.165, 1.54) is 26.0 Å². The van der Waals surface area contributed by atoms with Crippen molar-refractivity contribution in [3.63, 3.8) is 0 Å². The van der Waals surface area contributed by atoms with Crippen LogP contribution >= 0.6 is 35.6 Å². The number of hydrogen-bond acceptors (Lipinski definition) is 6. The predicted molar refractivity (Wildman–Crippen MR) is 82.9 cm³/mol. The maximum absolute atomic E-state index is 12.0. The number of carbonyl (C=O) groups is 2. The van der Waals surface area contributed by atoms with Gasteiger partial charge in [0.05, 0.1) is 14.2 Å². The summed E-state index contributed by atoms with van der Waals surface area (Å²) >= 11 is 12.2. The molecule has 1 aromatic rings. The highest BCUT2D eigenvalue weighted by atomic mass is 35.5. The third kappa shape index (κ3) is 3.07. The lowest BCUT2D eigenvalue weighted by Crippen LogP contribution is -2.47. The van der Waals surface area contributed by atoms with Gasteiger partial charge in [-0.3, -0.25) is 0 Å². The molecule has 0 aromatic heterocycles. The smallest absolute Gasteiger partial charge is 0.434 e. The first kappa shape index (κ1) is 15.9. The lowest BCUT2D eigenvalue weighted by atomic mass is 10.2. The van der Waals surface area contributed by atoms with Crippen LogP contribution in [0.4, 0.5) is 9.59 Å². The molecule has 112 valence electrons. The highest BCUT2D eigenvalue weighted by molar-refractivity contribution is 8.23. The molecular formula is C12H11ClN2O4S2. The van der Waals surface area contributed by atoms with E-state index in [4.69, 9.17) is 28.6 Å². The summed E-state index contributed by atoms with van der Waals surface area (Å²) in [5, 5.41) is 2.13. The Hall–Kier alpha value is -1.51. The number of hydrazine groups is 1. The summed E-state index contributed by atoms with van der Waals surface area (Å²) in [7, 11) is 2.43. The highest BCUT2D eigenvalue weighted by Crippen LogP contribution is 2.43. The van der Waals surface area contributed by atoms with Crippen molar-refractivity contribution in [2.45, 2.75) is 5.37 Å². The van der Waals surface area contributed by atoms with Gasteiger partial charge in [0.15, 0.2) is 4.32 Å². The van der Waals surface area contributed by atoms with E-state index >= 15 is 0 Å². The van der Waals surface area contributed by atoms with Crippen LogP contribution in [0.3, 0.4) is 0 Å². The second-order valence-corrected chi connectivity index (χ2v) is 6.03. The number of benzene rings is 1. The average Bonchev–Trinajstić information content (AvgIpc) is 2.83. The standard InChI is InChI=1S/C12H11ClN2O4S2/c1-18-10(16)14-9(7-3-5-8(13)6-4-7)21-12(20)15(14)11(17)19-2/h3-6,9H,1-2H3. The zero-order valence-corrected chi connectivity index (χ0v) is 13.5. The molecule has 1 fully saturated rings. The highest BCUT2D eigenvalue weighted by Gasteiger charge is 2.45. The molecule has 21 heavy (non-hydrogen) atoms. The van der Waals surface area contributed by atoms with Crippen molar-refractivity contribution in [1.29, 1.82) is 0 Å². The molecule has 0 spiro atoms. The van der Waals surface area contributed by atoms with Crippen LogP contribution in [0.5, 0.6) is 0 Å². The van der Waals surface area contributed by atoms with E-state index in [1.807, 2.05) is 0 Å². The summed E-state index contributed by atoms with van der Waals surface area (Å²) in [4.78, 5) is 23.8. The Kier molecular flexibility index (Phi) is 4.92. The van der Waals surface area contributed by atoms with E-state index in [-0.39, 0.29) is 4.32 Å². The number of carbonyl (C=O) groups excluding carboxylic acids is 2. The van der Waals surface area contributed by atoms with Gasteiger partial charge >= 0.3 is 12.2 Å². The van der Waals surface area contributed by atoms with Gasteiger partial charge in [-0.1, -0.05) is 47.7 Å². The van der Waals surface area contributed by atoms with Crippen molar-refractivity contribution < 1.29 is 19.1 Å². The van der Waals surface area contributed by atoms with Gasteiger partial charge in [0.1, 0.15) is 5.37 Å². The van der Waals surface area contributed by atoms with Crippen molar-refractivity contribution in [2.24, 2.45) is 0 Å². The number of methoxy groups -OCH3 is 2. The molecule has 1 aliphatic rings. The number of nitrogens with zero attached hydrogens (tertiary/aromatic N) is 2. The van der Waals surface area contributed by atoms with Crippen LogP contribution in [-0.2, 0) is 9.47 Å². The van der Waals surface area contributed by atoms with Gasteiger partial charge in [0.2, 0.25) is 0 Å². The molecule has 1 saturated heterocycles. The normalized spacial score (nSPS) is 17.9. The lowest BCUT2D eigenvalue weighted by Gasteiger charge is -2.27. The average molecular weight is 347 g/mol. The van der Waals surface area contributed by atoms with Crippen molar-refractivity contribution in [2.75, 3.05) is 14.2 Å². The largest absolute Gasteiger partial charge is 0.451 e. The second-order valence-electron chi connectivity index (χ2n) is 3.88. The van der Waals surface area contributed by atoms with Crippen LogP contribution in [0.15, 0.2) is 24.3 Å². The van der Waals surface area contributed by atoms with E-state index in [0.717, 1.165) is 15.6 Å². The maximum atomic E-state index is 12.0. The quantitative estimate of drug-likeness (QED) is 0.726. The third-order valence-corrected chi connectivity index (χ3v) is 4.47. The molecular weight excluding hydrogens is 336 g/mol. The Bertz CT molecular complexity index is 581. The fourth-order valence-electron chi connectivity index (χ4n) is 1.74. The molecule has 0 saturated carbocycles. The van der Waals surface area contributed by atoms with Gasteiger partial charge in [0, 0.05) is 5.02 Å². The van der Waals surface area contributed by atoms with Crippen LogP contribution in [0.2, 0.25) is 5.02 Å². The zero-order chi connectivity index (χ0) is 15.6. The Balaban J connectivity index is 2.40. The number of thiocarbonyl (C=S) groups is 1. The molecule has 6 nitrogen and oxygen atoms in total. The minimum absolute atomic E-state index is 0.201. The Morgan fingerprint density at radius 2 is 1.76 bits per heavy atom. The first-order valence-corrected chi connectivity index (χ1v) is 7.37. The summed E-state index contributed by atoms with van der Waals surface area (Å²) < 4.78 is 9.57. The number of thioether (sulfide) groups is 1. The number of hydrogen-bond donors (Lipinski definition) is 0. The Morgan fingerprint density at radius 3 is 2.29 bits per heavy atom. The third-order valence-electron chi connectivity index (χ3n) is 2.69. The number of ether oxygens (including phenoxy) is 2. The molecule has 1 aromatic carbocycles. The van der Waals surface area contributed by atoms with Crippen LogP contribution in [-0.4, -0.2) is 40.7 Å². The van der Waals surface area contributed by atoms with Gasteiger partial charge in [0.25, 0.3) is 0 Å². The fourth-order valence-corrected chi connectivity index (χ4v) is 3.33. The first-order valence-electron chi connectivity index (χ1n) is 5.70.